The van der Waals surface area contributed by atoms with Crippen molar-refractivity contribution < 1.29 is 4.74 Å². The van der Waals surface area contributed by atoms with Gasteiger partial charge in [0, 0.05) is 15.8 Å². The Balaban J connectivity index is 2.15. The Morgan fingerprint density at radius 2 is 2.14 bits per heavy atom. The van der Waals surface area contributed by atoms with Crippen molar-refractivity contribution in [3.8, 4) is 5.75 Å². The van der Waals surface area contributed by atoms with E-state index in [1.165, 1.54) is 9.75 Å². The Bertz CT molecular complexity index is 778. The van der Waals surface area contributed by atoms with Gasteiger partial charge in [-0.2, -0.15) is 0 Å². The monoisotopic (exact) mass is 320 g/mol. The first-order valence-corrected chi connectivity index (χ1v) is 8.16. The lowest BCUT2D eigenvalue weighted by Crippen LogP contribution is -2.08. The zero-order valence-corrected chi connectivity index (χ0v) is 13.8. The Morgan fingerprint density at radius 1 is 1.33 bits per heavy atom. The third kappa shape index (κ3) is 2.54. The average Bonchev–Trinajstić information content (AvgIpc) is 3.08. The zero-order valence-electron chi connectivity index (χ0n) is 12.3. The lowest BCUT2D eigenvalue weighted by atomic mass is 10.2. The van der Waals surface area contributed by atoms with Gasteiger partial charge < -0.3 is 9.30 Å². The molecule has 0 spiro atoms. The predicted molar refractivity (Wildman–Crippen MR) is 88.7 cm³/mol. The molecule has 0 radical (unpaired) electrons. The lowest BCUT2D eigenvalue weighted by molar-refractivity contribution is 0.415. The fourth-order valence-electron chi connectivity index (χ4n) is 2.59. The van der Waals surface area contributed by atoms with Crippen LogP contribution in [0.25, 0.3) is 11.0 Å². The number of ether oxygens (including phenoxy) is 1. The highest BCUT2D eigenvalue weighted by Crippen LogP contribution is 2.31. The molecule has 5 heteroatoms. The third-order valence-corrected chi connectivity index (χ3v) is 5.06. The number of benzene rings is 1. The molecule has 3 aromatic rings. The minimum atomic E-state index is 0.218. The molecular weight excluding hydrogens is 304 g/mol. The highest BCUT2D eigenvalue weighted by Gasteiger charge is 2.18. The number of rotatable bonds is 4. The second-order valence-corrected chi connectivity index (χ2v) is 6.60. The molecule has 21 heavy (non-hydrogen) atoms. The Kier molecular flexibility index (Phi) is 3.91. The topological polar surface area (TPSA) is 27.1 Å². The molecule has 2 aromatic heterocycles. The standard InChI is InChI=1S/C16H17ClN2OS/c1-10-4-7-15(21-10)11(2)19-14-6-5-12(20-3)8-13(14)18-16(19)9-17/h4-8,11H,9H2,1-3H3. The van der Waals surface area contributed by atoms with Crippen LogP contribution in [0.4, 0.5) is 0 Å². The van der Waals surface area contributed by atoms with E-state index >= 15 is 0 Å². The van der Waals surface area contributed by atoms with E-state index in [-0.39, 0.29) is 6.04 Å². The number of alkyl halides is 1. The van der Waals surface area contributed by atoms with E-state index in [0.29, 0.717) is 5.88 Å². The molecule has 1 unspecified atom stereocenters. The molecule has 110 valence electrons. The van der Waals surface area contributed by atoms with E-state index < -0.39 is 0 Å². The molecule has 0 saturated heterocycles. The Labute approximate surface area is 133 Å². The fourth-order valence-corrected chi connectivity index (χ4v) is 3.70. The number of hydrogen-bond acceptors (Lipinski definition) is 3. The number of aromatic nitrogens is 2. The summed E-state index contributed by atoms with van der Waals surface area (Å²) in [6, 6.07) is 10.5. The minimum Gasteiger partial charge on any atom is -0.497 e. The number of hydrogen-bond donors (Lipinski definition) is 0. The number of nitrogens with zero attached hydrogens (tertiary/aromatic N) is 2. The van der Waals surface area contributed by atoms with Crippen molar-refractivity contribution in [2.75, 3.05) is 7.11 Å². The van der Waals surface area contributed by atoms with Crippen LogP contribution in [0.15, 0.2) is 30.3 Å². The molecule has 1 aromatic carbocycles. The fraction of sp³-hybridized carbons (Fsp3) is 0.312. The lowest BCUT2D eigenvalue weighted by Gasteiger charge is -2.15. The maximum Gasteiger partial charge on any atom is 0.125 e. The van der Waals surface area contributed by atoms with Gasteiger partial charge >= 0.3 is 0 Å². The summed E-state index contributed by atoms with van der Waals surface area (Å²) in [5, 5.41) is 0. The summed E-state index contributed by atoms with van der Waals surface area (Å²) in [5.41, 5.74) is 2.01. The summed E-state index contributed by atoms with van der Waals surface area (Å²) < 4.78 is 7.49. The van der Waals surface area contributed by atoms with E-state index in [2.05, 4.69) is 35.5 Å². The van der Waals surface area contributed by atoms with Gasteiger partial charge in [0.25, 0.3) is 0 Å². The van der Waals surface area contributed by atoms with Gasteiger partial charge in [0.2, 0.25) is 0 Å². The van der Waals surface area contributed by atoms with Crippen LogP contribution in [0.1, 0.15) is 28.5 Å². The first-order chi connectivity index (χ1) is 10.1. The van der Waals surface area contributed by atoms with Crippen LogP contribution >= 0.6 is 22.9 Å². The van der Waals surface area contributed by atoms with Crippen LogP contribution in [-0.4, -0.2) is 16.7 Å². The predicted octanol–water partition coefficient (Wildman–Crippen LogP) is 4.76. The summed E-state index contributed by atoms with van der Waals surface area (Å²) in [6.45, 7) is 4.31. The normalized spacial score (nSPS) is 12.8. The Hall–Kier alpha value is -1.52. The average molecular weight is 321 g/mol. The molecule has 2 heterocycles. The largest absolute Gasteiger partial charge is 0.497 e. The van der Waals surface area contributed by atoms with Crippen LogP contribution < -0.4 is 4.74 Å². The van der Waals surface area contributed by atoms with Gasteiger partial charge in [-0.1, -0.05) is 0 Å². The molecule has 0 bridgehead atoms. The molecule has 3 rings (SSSR count). The molecule has 0 amide bonds. The van der Waals surface area contributed by atoms with Crippen LogP contribution in [0, 0.1) is 6.92 Å². The second kappa shape index (κ2) is 5.70. The van der Waals surface area contributed by atoms with Crippen LogP contribution in [0.5, 0.6) is 5.75 Å². The van der Waals surface area contributed by atoms with Crippen molar-refractivity contribution in [1.29, 1.82) is 0 Å². The highest BCUT2D eigenvalue weighted by molar-refractivity contribution is 7.12. The number of methoxy groups -OCH3 is 1. The first kappa shape index (κ1) is 14.4. The molecule has 0 N–H and O–H groups in total. The van der Waals surface area contributed by atoms with E-state index in [9.17, 15) is 0 Å². The van der Waals surface area contributed by atoms with Crippen LogP contribution in [-0.2, 0) is 5.88 Å². The van der Waals surface area contributed by atoms with Crippen molar-refractivity contribution in [3.63, 3.8) is 0 Å². The summed E-state index contributed by atoms with van der Waals surface area (Å²) in [5.74, 6) is 2.09. The van der Waals surface area contributed by atoms with Crippen molar-refractivity contribution in [2.24, 2.45) is 0 Å². The molecule has 0 saturated carbocycles. The summed E-state index contributed by atoms with van der Waals surface area (Å²) in [6.07, 6.45) is 0. The zero-order chi connectivity index (χ0) is 15.0. The highest BCUT2D eigenvalue weighted by atomic mass is 35.5. The van der Waals surface area contributed by atoms with Crippen LogP contribution in [0.3, 0.4) is 0 Å². The van der Waals surface area contributed by atoms with Crippen molar-refractivity contribution in [2.45, 2.75) is 25.8 Å². The summed E-state index contributed by atoms with van der Waals surface area (Å²) in [7, 11) is 1.66. The molecule has 0 aliphatic carbocycles. The van der Waals surface area contributed by atoms with Gasteiger partial charge in [0.15, 0.2) is 0 Å². The molecular formula is C16H17ClN2OS. The maximum atomic E-state index is 6.10. The molecule has 1 atom stereocenters. The first-order valence-electron chi connectivity index (χ1n) is 6.81. The maximum absolute atomic E-state index is 6.10. The van der Waals surface area contributed by atoms with Gasteiger partial charge in [0.05, 0.1) is 30.1 Å². The quantitative estimate of drug-likeness (QED) is 0.648. The van der Waals surface area contributed by atoms with Crippen molar-refractivity contribution in [1.82, 2.24) is 9.55 Å². The number of aryl methyl sites for hydroxylation is 1. The summed E-state index contributed by atoms with van der Waals surface area (Å²) >= 11 is 7.92. The SMILES string of the molecule is COc1ccc2c(c1)nc(CCl)n2C(C)c1ccc(C)s1. The number of fused-ring (bicyclic) bond motifs is 1. The molecule has 0 aliphatic heterocycles. The van der Waals surface area contributed by atoms with Gasteiger partial charge in [-0.25, -0.2) is 4.98 Å². The minimum absolute atomic E-state index is 0.218. The van der Waals surface area contributed by atoms with Crippen molar-refractivity contribution >= 4 is 34.0 Å². The van der Waals surface area contributed by atoms with E-state index in [1.54, 1.807) is 7.11 Å². The summed E-state index contributed by atoms with van der Waals surface area (Å²) in [4.78, 5) is 7.28. The van der Waals surface area contributed by atoms with Crippen LogP contribution in [0.2, 0.25) is 0 Å². The van der Waals surface area contributed by atoms with Gasteiger partial charge in [-0.05, 0) is 38.1 Å². The van der Waals surface area contributed by atoms with E-state index in [0.717, 1.165) is 22.6 Å². The third-order valence-electron chi connectivity index (χ3n) is 3.65. The van der Waals surface area contributed by atoms with Crippen molar-refractivity contribution in [3.05, 3.63) is 45.9 Å². The second-order valence-electron chi connectivity index (χ2n) is 5.01. The van der Waals surface area contributed by atoms with Gasteiger partial charge in [-0.3, -0.25) is 0 Å². The number of imidazole rings is 1. The number of thiophene rings is 1. The smallest absolute Gasteiger partial charge is 0.125 e. The van der Waals surface area contributed by atoms with E-state index in [1.807, 2.05) is 29.5 Å². The number of halogens is 1. The Morgan fingerprint density at radius 3 is 2.76 bits per heavy atom. The molecule has 0 aliphatic rings. The molecule has 0 fully saturated rings. The molecule has 3 nitrogen and oxygen atoms in total. The van der Waals surface area contributed by atoms with E-state index in [4.69, 9.17) is 16.3 Å². The van der Waals surface area contributed by atoms with Gasteiger partial charge in [-0.15, -0.1) is 22.9 Å². The van der Waals surface area contributed by atoms with Gasteiger partial charge in [0.1, 0.15) is 11.6 Å².